The lowest BCUT2D eigenvalue weighted by molar-refractivity contribution is 0.614. The zero-order chi connectivity index (χ0) is 12.8. The van der Waals surface area contributed by atoms with Crippen LogP contribution >= 0.6 is 15.9 Å². The molecule has 1 atom stereocenters. The van der Waals surface area contributed by atoms with E-state index in [0.717, 1.165) is 13.1 Å². The Kier molecular flexibility index (Phi) is 4.97. The Bertz CT molecular complexity index is 481. The maximum Gasteiger partial charge on any atom is 0.0220 e. The van der Waals surface area contributed by atoms with Crippen molar-refractivity contribution in [2.75, 3.05) is 6.54 Å². The summed E-state index contributed by atoms with van der Waals surface area (Å²) in [5, 5.41) is 3.51. The van der Waals surface area contributed by atoms with Crippen LogP contribution in [0.1, 0.15) is 24.0 Å². The third-order valence-corrected chi connectivity index (χ3v) is 3.87. The first kappa shape index (κ1) is 13.3. The number of benzene rings is 2. The molecule has 0 radical (unpaired) electrons. The van der Waals surface area contributed by atoms with Crippen LogP contribution in [-0.2, 0) is 6.54 Å². The highest BCUT2D eigenvalue weighted by atomic mass is 79.9. The SMILES string of the molecule is CC(CNCc1ccccc1Br)c1ccccc1. The summed E-state index contributed by atoms with van der Waals surface area (Å²) in [6.07, 6.45) is 0. The molecule has 1 unspecified atom stereocenters. The Morgan fingerprint density at radius 3 is 2.39 bits per heavy atom. The van der Waals surface area contributed by atoms with Gasteiger partial charge in [0, 0.05) is 17.6 Å². The number of rotatable bonds is 5. The molecule has 0 spiro atoms. The molecule has 2 rings (SSSR count). The van der Waals surface area contributed by atoms with Crippen molar-refractivity contribution in [2.24, 2.45) is 0 Å². The van der Waals surface area contributed by atoms with Crippen LogP contribution in [0.2, 0.25) is 0 Å². The lowest BCUT2D eigenvalue weighted by Crippen LogP contribution is -2.19. The molecule has 0 aliphatic rings. The fourth-order valence-electron chi connectivity index (χ4n) is 1.96. The zero-order valence-corrected chi connectivity index (χ0v) is 12.2. The van der Waals surface area contributed by atoms with E-state index in [2.05, 4.69) is 76.7 Å². The van der Waals surface area contributed by atoms with Crippen molar-refractivity contribution in [1.29, 1.82) is 0 Å². The second-order valence-electron chi connectivity index (χ2n) is 4.53. The minimum absolute atomic E-state index is 0.536. The summed E-state index contributed by atoms with van der Waals surface area (Å²) in [4.78, 5) is 0. The van der Waals surface area contributed by atoms with E-state index in [9.17, 15) is 0 Å². The van der Waals surface area contributed by atoms with Crippen LogP contribution in [0.4, 0.5) is 0 Å². The van der Waals surface area contributed by atoms with Crippen molar-refractivity contribution in [1.82, 2.24) is 5.32 Å². The van der Waals surface area contributed by atoms with Crippen LogP contribution in [0.5, 0.6) is 0 Å². The van der Waals surface area contributed by atoms with Crippen LogP contribution in [-0.4, -0.2) is 6.54 Å². The normalized spacial score (nSPS) is 12.3. The maximum atomic E-state index is 3.57. The highest BCUT2D eigenvalue weighted by molar-refractivity contribution is 9.10. The van der Waals surface area contributed by atoms with Crippen molar-refractivity contribution in [3.63, 3.8) is 0 Å². The van der Waals surface area contributed by atoms with Gasteiger partial charge in [-0.25, -0.2) is 0 Å². The lowest BCUT2D eigenvalue weighted by atomic mass is 10.0. The third-order valence-electron chi connectivity index (χ3n) is 3.09. The zero-order valence-electron chi connectivity index (χ0n) is 10.6. The molecule has 0 amide bonds. The molecule has 0 saturated heterocycles. The van der Waals surface area contributed by atoms with Gasteiger partial charge in [-0.3, -0.25) is 0 Å². The van der Waals surface area contributed by atoms with Gasteiger partial charge in [0.05, 0.1) is 0 Å². The minimum Gasteiger partial charge on any atom is -0.312 e. The van der Waals surface area contributed by atoms with Gasteiger partial charge in [-0.05, 0) is 23.1 Å². The van der Waals surface area contributed by atoms with Gasteiger partial charge in [-0.1, -0.05) is 71.4 Å². The fourth-order valence-corrected chi connectivity index (χ4v) is 2.39. The number of hydrogen-bond acceptors (Lipinski definition) is 1. The van der Waals surface area contributed by atoms with E-state index in [1.54, 1.807) is 0 Å². The quantitative estimate of drug-likeness (QED) is 0.866. The van der Waals surface area contributed by atoms with Gasteiger partial charge in [-0.15, -0.1) is 0 Å². The fraction of sp³-hybridized carbons (Fsp3) is 0.250. The standard InChI is InChI=1S/C16H18BrN/c1-13(14-7-3-2-4-8-14)11-18-12-15-9-5-6-10-16(15)17/h2-10,13,18H,11-12H2,1H3. The molecule has 0 aliphatic heterocycles. The van der Waals surface area contributed by atoms with E-state index < -0.39 is 0 Å². The Morgan fingerprint density at radius 1 is 1.00 bits per heavy atom. The van der Waals surface area contributed by atoms with Gasteiger partial charge in [0.1, 0.15) is 0 Å². The molecule has 18 heavy (non-hydrogen) atoms. The van der Waals surface area contributed by atoms with E-state index in [1.165, 1.54) is 15.6 Å². The van der Waals surface area contributed by atoms with Crippen LogP contribution in [0, 0.1) is 0 Å². The maximum absolute atomic E-state index is 3.57. The summed E-state index contributed by atoms with van der Waals surface area (Å²) in [5.74, 6) is 0.536. The van der Waals surface area contributed by atoms with E-state index >= 15 is 0 Å². The monoisotopic (exact) mass is 303 g/mol. The average molecular weight is 304 g/mol. The van der Waals surface area contributed by atoms with Crippen molar-refractivity contribution in [2.45, 2.75) is 19.4 Å². The summed E-state index contributed by atoms with van der Waals surface area (Å²) in [6, 6.07) is 19.0. The van der Waals surface area contributed by atoms with Gasteiger partial charge >= 0.3 is 0 Å². The second-order valence-corrected chi connectivity index (χ2v) is 5.39. The average Bonchev–Trinajstić information content (AvgIpc) is 2.42. The summed E-state index contributed by atoms with van der Waals surface area (Å²) < 4.78 is 1.17. The molecule has 0 heterocycles. The highest BCUT2D eigenvalue weighted by Crippen LogP contribution is 2.16. The Balaban J connectivity index is 1.84. The van der Waals surface area contributed by atoms with Gasteiger partial charge < -0.3 is 5.32 Å². The molecule has 2 aromatic rings. The molecule has 1 N–H and O–H groups in total. The lowest BCUT2D eigenvalue weighted by Gasteiger charge is -2.13. The molecule has 2 heteroatoms. The van der Waals surface area contributed by atoms with Gasteiger partial charge in [0.25, 0.3) is 0 Å². The third kappa shape index (κ3) is 3.69. The molecule has 2 aromatic carbocycles. The summed E-state index contributed by atoms with van der Waals surface area (Å²) in [6.45, 7) is 4.15. The van der Waals surface area contributed by atoms with E-state index in [0.29, 0.717) is 5.92 Å². The van der Waals surface area contributed by atoms with Crippen LogP contribution in [0.25, 0.3) is 0 Å². The molecule has 0 aromatic heterocycles. The molecule has 0 saturated carbocycles. The second kappa shape index (κ2) is 6.72. The number of nitrogens with one attached hydrogen (secondary N) is 1. The van der Waals surface area contributed by atoms with Crippen LogP contribution < -0.4 is 5.32 Å². The molecular weight excluding hydrogens is 286 g/mol. The predicted octanol–water partition coefficient (Wildman–Crippen LogP) is 4.34. The summed E-state index contributed by atoms with van der Waals surface area (Å²) in [5.41, 5.74) is 2.69. The van der Waals surface area contributed by atoms with Gasteiger partial charge in [-0.2, -0.15) is 0 Å². The first-order valence-electron chi connectivity index (χ1n) is 6.26. The van der Waals surface area contributed by atoms with Gasteiger partial charge in [0.2, 0.25) is 0 Å². The highest BCUT2D eigenvalue weighted by Gasteiger charge is 2.04. The largest absolute Gasteiger partial charge is 0.312 e. The van der Waals surface area contributed by atoms with Crippen molar-refractivity contribution in [3.8, 4) is 0 Å². The first-order chi connectivity index (χ1) is 8.77. The van der Waals surface area contributed by atoms with Crippen molar-refractivity contribution >= 4 is 15.9 Å². The first-order valence-corrected chi connectivity index (χ1v) is 7.05. The topological polar surface area (TPSA) is 12.0 Å². The summed E-state index contributed by atoms with van der Waals surface area (Å²) >= 11 is 3.57. The molecule has 94 valence electrons. The van der Waals surface area contributed by atoms with Crippen LogP contribution in [0.15, 0.2) is 59.1 Å². The molecule has 0 fully saturated rings. The molecule has 0 bridgehead atoms. The Hall–Kier alpha value is -1.12. The van der Waals surface area contributed by atoms with Gasteiger partial charge in [0.15, 0.2) is 0 Å². The molecule has 0 aliphatic carbocycles. The van der Waals surface area contributed by atoms with E-state index in [4.69, 9.17) is 0 Å². The summed E-state index contributed by atoms with van der Waals surface area (Å²) in [7, 11) is 0. The van der Waals surface area contributed by atoms with Crippen molar-refractivity contribution in [3.05, 3.63) is 70.2 Å². The number of hydrogen-bond donors (Lipinski definition) is 1. The predicted molar refractivity (Wildman–Crippen MR) is 80.7 cm³/mol. The van der Waals surface area contributed by atoms with Crippen molar-refractivity contribution < 1.29 is 0 Å². The molecular formula is C16H18BrN. The van der Waals surface area contributed by atoms with E-state index in [-0.39, 0.29) is 0 Å². The Labute approximate surface area is 117 Å². The van der Waals surface area contributed by atoms with E-state index in [1.807, 2.05) is 6.07 Å². The van der Waals surface area contributed by atoms with Crippen LogP contribution in [0.3, 0.4) is 0 Å². The Morgan fingerprint density at radius 2 is 1.67 bits per heavy atom. The number of halogens is 1. The minimum atomic E-state index is 0.536. The smallest absolute Gasteiger partial charge is 0.0220 e. The molecule has 1 nitrogen and oxygen atoms in total.